The largest absolute Gasteiger partial charge is 0.481 e. The van der Waals surface area contributed by atoms with Crippen molar-refractivity contribution in [1.82, 2.24) is 14.9 Å². The number of aliphatic hydroxyl groups is 1. The van der Waals surface area contributed by atoms with Crippen molar-refractivity contribution in [1.29, 1.82) is 0 Å². The van der Waals surface area contributed by atoms with Gasteiger partial charge >= 0.3 is 6.01 Å². The lowest BCUT2D eigenvalue weighted by atomic mass is 9.63. The minimum Gasteiger partial charge on any atom is -0.481 e. The molecule has 0 amide bonds. The van der Waals surface area contributed by atoms with Crippen molar-refractivity contribution in [2.45, 2.75) is 31.4 Å². The van der Waals surface area contributed by atoms with Crippen LogP contribution in [0.3, 0.4) is 0 Å². The molecule has 2 fully saturated rings. The maximum atomic E-state index is 14.1. The molecule has 7 heteroatoms. The van der Waals surface area contributed by atoms with Gasteiger partial charge in [-0.3, -0.25) is 4.90 Å². The number of benzene rings is 1. The average Bonchev–Trinajstić information content (AvgIpc) is 2.70. The number of piperidine rings is 1. The summed E-state index contributed by atoms with van der Waals surface area (Å²) < 4.78 is 24.6. The molecular weight excluding hydrogens is 361 g/mol. The van der Waals surface area contributed by atoms with E-state index in [0.29, 0.717) is 36.6 Å². The lowest BCUT2D eigenvalue weighted by Gasteiger charge is -2.53. The van der Waals surface area contributed by atoms with Crippen molar-refractivity contribution in [2.24, 2.45) is 11.8 Å². The topological polar surface area (TPSA) is 67.7 Å². The maximum absolute atomic E-state index is 14.1. The number of halogens is 1. The first-order valence-electron chi connectivity index (χ1n) is 9.69. The molecular formula is C21H26FN3O3. The van der Waals surface area contributed by atoms with E-state index >= 15 is 0 Å². The summed E-state index contributed by atoms with van der Waals surface area (Å²) in [5.74, 6) is 0.197. The highest BCUT2D eigenvalue weighted by Crippen LogP contribution is 2.51. The second-order valence-electron chi connectivity index (χ2n) is 7.72. The average molecular weight is 387 g/mol. The van der Waals surface area contributed by atoms with E-state index < -0.39 is 5.60 Å². The number of nitrogens with zero attached hydrogens (tertiary/aromatic N) is 3. The predicted molar refractivity (Wildman–Crippen MR) is 102 cm³/mol. The van der Waals surface area contributed by atoms with Gasteiger partial charge in [-0.05, 0) is 18.9 Å². The summed E-state index contributed by atoms with van der Waals surface area (Å²) in [6.07, 6.45) is 4.50. The van der Waals surface area contributed by atoms with Crippen molar-refractivity contribution < 1.29 is 19.0 Å². The summed E-state index contributed by atoms with van der Waals surface area (Å²) in [4.78, 5) is 10.7. The van der Waals surface area contributed by atoms with E-state index in [1.807, 2.05) is 12.1 Å². The minimum absolute atomic E-state index is 0.0117. The third-order valence-corrected chi connectivity index (χ3v) is 6.20. The molecule has 150 valence electrons. The Labute approximate surface area is 164 Å². The zero-order chi connectivity index (χ0) is 19.7. The fourth-order valence-electron chi connectivity index (χ4n) is 4.86. The Morgan fingerprint density at radius 2 is 1.89 bits per heavy atom. The van der Waals surface area contributed by atoms with Crippen LogP contribution in [0.25, 0.3) is 0 Å². The number of hydrogen-bond acceptors (Lipinski definition) is 6. The van der Waals surface area contributed by atoms with Crippen molar-refractivity contribution >= 4 is 0 Å². The lowest BCUT2D eigenvalue weighted by molar-refractivity contribution is -0.149. The molecule has 2 aromatic rings. The maximum Gasteiger partial charge on any atom is 0.319 e. The van der Waals surface area contributed by atoms with Crippen molar-refractivity contribution in [3.63, 3.8) is 0 Å². The van der Waals surface area contributed by atoms with Crippen LogP contribution in [0.15, 0.2) is 30.5 Å². The SMILES string of the molecule is COc1ncc(C2(O)[C@H]3CCC[C@H]2CN(Cc2ccccc2F)C3)c(OC)n1. The van der Waals surface area contributed by atoms with E-state index in [9.17, 15) is 9.50 Å². The molecule has 0 spiro atoms. The highest BCUT2D eigenvalue weighted by atomic mass is 19.1. The Bertz CT molecular complexity index is 833. The Morgan fingerprint density at radius 1 is 1.18 bits per heavy atom. The molecule has 2 heterocycles. The zero-order valence-electron chi connectivity index (χ0n) is 16.3. The number of fused-ring (bicyclic) bond motifs is 2. The second-order valence-corrected chi connectivity index (χ2v) is 7.72. The Hall–Kier alpha value is -2.25. The molecule has 1 aromatic heterocycles. The monoisotopic (exact) mass is 387 g/mol. The van der Waals surface area contributed by atoms with Crippen LogP contribution in [0.4, 0.5) is 4.39 Å². The van der Waals surface area contributed by atoms with Gasteiger partial charge in [0.1, 0.15) is 11.4 Å². The summed E-state index contributed by atoms with van der Waals surface area (Å²) in [7, 11) is 3.04. The van der Waals surface area contributed by atoms with Gasteiger partial charge < -0.3 is 14.6 Å². The lowest BCUT2D eigenvalue weighted by Crippen LogP contribution is -2.58. The second kappa shape index (κ2) is 7.64. The summed E-state index contributed by atoms with van der Waals surface area (Å²) in [6.45, 7) is 1.93. The van der Waals surface area contributed by atoms with E-state index in [0.717, 1.165) is 19.3 Å². The van der Waals surface area contributed by atoms with E-state index in [2.05, 4.69) is 14.9 Å². The molecule has 1 saturated carbocycles. The molecule has 2 atom stereocenters. The Balaban J connectivity index is 1.63. The van der Waals surface area contributed by atoms with Gasteiger partial charge in [0.05, 0.1) is 19.8 Å². The summed E-state index contributed by atoms with van der Waals surface area (Å²) in [5.41, 5.74) is 0.258. The van der Waals surface area contributed by atoms with Crippen molar-refractivity contribution in [3.05, 3.63) is 47.4 Å². The van der Waals surface area contributed by atoms with E-state index in [1.165, 1.54) is 20.3 Å². The molecule has 2 aliphatic rings. The summed E-state index contributed by atoms with van der Waals surface area (Å²) in [5, 5.41) is 11.8. The smallest absolute Gasteiger partial charge is 0.319 e. The standard InChI is InChI=1S/C21H26FN3O3/c1-27-19-17(10-23-20(24-19)28-2)21(26)15-7-5-8-16(21)13-25(12-15)11-14-6-3-4-9-18(14)22/h3-4,6,9-10,15-16,26H,5,7-8,11-13H2,1-2H3/t15-,16-/m0/s1. The number of methoxy groups -OCH3 is 2. The van der Waals surface area contributed by atoms with Crippen molar-refractivity contribution in [3.8, 4) is 11.9 Å². The highest BCUT2D eigenvalue weighted by molar-refractivity contribution is 5.34. The van der Waals surface area contributed by atoms with Gasteiger partial charge in [0.15, 0.2) is 0 Å². The normalized spacial score (nSPS) is 27.4. The van der Waals surface area contributed by atoms with Crippen LogP contribution in [0.1, 0.15) is 30.4 Å². The van der Waals surface area contributed by atoms with Gasteiger partial charge in [-0.1, -0.05) is 24.6 Å². The van der Waals surface area contributed by atoms with Crippen LogP contribution in [0.2, 0.25) is 0 Å². The molecule has 1 aromatic carbocycles. The fraction of sp³-hybridized carbons (Fsp3) is 0.524. The van der Waals surface area contributed by atoms with Crippen molar-refractivity contribution in [2.75, 3.05) is 27.3 Å². The van der Waals surface area contributed by atoms with Gasteiger partial charge in [0.2, 0.25) is 5.88 Å². The number of likely N-dealkylation sites (tertiary alicyclic amines) is 1. The predicted octanol–water partition coefficient (Wildman–Crippen LogP) is 2.75. The minimum atomic E-state index is -1.05. The molecule has 4 rings (SSSR count). The van der Waals surface area contributed by atoms with Gasteiger partial charge in [-0.25, -0.2) is 9.37 Å². The Kier molecular flexibility index (Phi) is 5.21. The van der Waals surface area contributed by atoms with Gasteiger partial charge in [0.25, 0.3) is 0 Å². The van der Waals surface area contributed by atoms with Gasteiger partial charge in [0, 0.05) is 43.2 Å². The molecule has 1 aliphatic carbocycles. The third kappa shape index (κ3) is 3.22. The van der Waals surface area contributed by atoms with E-state index in [4.69, 9.17) is 9.47 Å². The number of ether oxygens (including phenoxy) is 2. The fourth-order valence-corrected chi connectivity index (χ4v) is 4.86. The third-order valence-electron chi connectivity index (χ3n) is 6.20. The van der Waals surface area contributed by atoms with Crippen LogP contribution in [0.5, 0.6) is 11.9 Å². The first kappa shape index (κ1) is 19.1. The number of rotatable bonds is 5. The van der Waals surface area contributed by atoms with E-state index in [1.54, 1.807) is 12.3 Å². The molecule has 1 saturated heterocycles. The van der Waals surface area contributed by atoms with Crippen LogP contribution < -0.4 is 9.47 Å². The molecule has 2 bridgehead atoms. The summed E-state index contributed by atoms with van der Waals surface area (Å²) in [6, 6.07) is 7.10. The van der Waals surface area contributed by atoms with Crippen LogP contribution >= 0.6 is 0 Å². The molecule has 1 aliphatic heterocycles. The Morgan fingerprint density at radius 3 is 2.54 bits per heavy atom. The first-order valence-corrected chi connectivity index (χ1v) is 9.69. The first-order chi connectivity index (χ1) is 13.6. The number of hydrogen-bond donors (Lipinski definition) is 1. The van der Waals surface area contributed by atoms with Gasteiger partial charge in [-0.2, -0.15) is 4.98 Å². The van der Waals surface area contributed by atoms with Crippen LogP contribution in [-0.4, -0.2) is 47.3 Å². The number of aromatic nitrogens is 2. The highest BCUT2D eigenvalue weighted by Gasteiger charge is 2.53. The zero-order valence-corrected chi connectivity index (χ0v) is 16.3. The summed E-state index contributed by atoms with van der Waals surface area (Å²) >= 11 is 0. The molecule has 1 N–H and O–H groups in total. The van der Waals surface area contributed by atoms with Gasteiger partial charge in [-0.15, -0.1) is 0 Å². The van der Waals surface area contributed by atoms with Crippen LogP contribution in [-0.2, 0) is 12.1 Å². The molecule has 0 unspecified atom stereocenters. The molecule has 6 nitrogen and oxygen atoms in total. The molecule has 28 heavy (non-hydrogen) atoms. The van der Waals surface area contributed by atoms with Crippen LogP contribution in [0, 0.1) is 17.7 Å². The quantitative estimate of drug-likeness (QED) is 0.851. The molecule has 0 radical (unpaired) electrons. The van der Waals surface area contributed by atoms with E-state index in [-0.39, 0.29) is 23.7 Å².